The SMILES string of the molecule is CCO[C@]1(COCc2ccccc2)O[C@@H](C#N)C[C@H]1N1C(=O)O[C@@H](c2ccccc2)[C@H]1c1ccccc1. The molecule has 2 aliphatic heterocycles. The predicted octanol–water partition coefficient (Wildman–Crippen LogP) is 5.55. The van der Waals surface area contributed by atoms with E-state index in [1.54, 1.807) is 4.90 Å². The maximum absolute atomic E-state index is 13.6. The Morgan fingerprint density at radius 3 is 2.22 bits per heavy atom. The molecule has 0 N–H and O–H groups in total. The molecule has 0 saturated carbocycles. The van der Waals surface area contributed by atoms with Crippen LogP contribution >= 0.6 is 0 Å². The molecule has 0 radical (unpaired) electrons. The van der Waals surface area contributed by atoms with Gasteiger partial charge in [-0.2, -0.15) is 5.26 Å². The highest BCUT2D eigenvalue weighted by Crippen LogP contribution is 2.49. The second-order valence-electron chi connectivity index (χ2n) is 9.19. The molecule has 2 saturated heterocycles. The molecule has 2 heterocycles. The van der Waals surface area contributed by atoms with Crippen molar-refractivity contribution in [2.75, 3.05) is 13.2 Å². The Labute approximate surface area is 217 Å². The van der Waals surface area contributed by atoms with E-state index in [2.05, 4.69) is 6.07 Å². The molecule has 7 heteroatoms. The van der Waals surface area contributed by atoms with Gasteiger partial charge in [0.1, 0.15) is 18.8 Å². The van der Waals surface area contributed by atoms with Crippen LogP contribution in [0, 0.1) is 11.3 Å². The van der Waals surface area contributed by atoms with Gasteiger partial charge in [0.2, 0.25) is 5.79 Å². The van der Waals surface area contributed by atoms with Gasteiger partial charge in [-0.15, -0.1) is 0 Å². The van der Waals surface area contributed by atoms with Gasteiger partial charge in [-0.25, -0.2) is 4.79 Å². The predicted molar refractivity (Wildman–Crippen MR) is 136 cm³/mol. The number of carbonyl (C=O) groups is 1. The minimum Gasteiger partial charge on any atom is -0.439 e. The number of nitrogens with zero attached hydrogens (tertiary/aromatic N) is 2. The Kier molecular flexibility index (Phi) is 7.52. The molecule has 37 heavy (non-hydrogen) atoms. The van der Waals surface area contributed by atoms with Crippen LogP contribution in [0.4, 0.5) is 4.79 Å². The fraction of sp³-hybridized carbons (Fsp3) is 0.333. The van der Waals surface area contributed by atoms with Crippen molar-refractivity contribution in [2.45, 2.75) is 50.0 Å². The maximum Gasteiger partial charge on any atom is 0.411 e. The second-order valence-corrected chi connectivity index (χ2v) is 9.19. The normalized spacial score (nSPS) is 27.1. The molecular weight excluding hydrogens is 468 g/mol. The van der Waals surface area contributed by atoms with Gasteiger partial charge >= 0.3 is 6.09 Å². The van der Waals surface area contributed by atoms with E-state index < -0.39 is 36.2 Å². The molecular formula is C30H30N2O5. The van der Waals surface area contributed by atoms with Crippen LogP contribution in [-0.4, -0.2) is 42.1 Å². The van der Waals surface area contributed by atoms with Crippen molar-refractivity contribution in [2.24, 2.45) is 0 Å². The van der Waals surface area contributed by atoms with Gasteiger partial charge in [0.15, 0.2) is 6.10 Å². The van der Waals surface area contributed by atoms with E-state index in [1.807, 2.05) is 97.9 Å². The highest BCUT2D eigenvalue weighted by atomic mass is 16.7. The zero-order chi connectivity index (χ0) is 25.7. The first-order chi connectivity index (χ1) is 18.1. The number of amides is 1. The van der Waals surface area contributed by atoms with E-state index in [0.717, 1.165) is 16.7 Å². The third-order valence-electron chi connectivity index (χ3n) is 6.86. The molecule has 0 unspecified atom stereocenters. The van der Waals surface area contributed by atoms with Crippen LogP contribution in [0.1, 0.15) is 42.2 Å². The number of rotatable bonds is 9. The number of hydrogen-bond acceptors (Lipinski definition) is 6. The maximum atomic E-state index is 13.6. The lowest BCUT2D eigenvalue weighted by Crippen LogP contribution is -2.55. The van der Waals surface area contributed by atoms with Crippen LogP contribution < -0.4 is 0 Å². The van der Waals surface area contributed by atoms with Gasteiger partial charge in [-0.05, 0) is 23.6 Å². The highest BCUT2D eigenvalue weighted by Gasteiger charge is 2.59. The topological polar surface area (TPSA) is 81.0 Å². The van der Waals surface area contributed by atoms with Gasteiger partial charge < -0.3 is 18.9 Å². The largest absolute Gasteiger partial charge is 0.439 e. The third kappa shape index (κ3) is 5.09. The van der Waals surface area contributed by atoms with Gasteiger partial charge in [-0.1, -0.05) is 91.0 Å². The standard InChI is InChI=1S/C30H30N2O5/c1-2-35-30(21-34-20-22-12-6-3-7-13-22)26(18-25(19-31)37-30)32-27(23-14-8-4-9-15-23)28(36-29(32)33)24-16-10-5-11-17-24/h3-17,25-28H,2,18,20-21H2,1H3/t25-,26-,27-,28+,30-/m1/s1. The summed E-state index contributed by atoms with van der Waals surface area (Å²) in [6, 6.07) is 30.5. The van der Waals surface area contributed by atoms with Crippen LogP contribution in [-0.2, 0) is 25.6 Å². The smallest absolute Gasteiger partial charge is 0.411 e. The summed E-state index contributed by atoms with van der Waals surface area (Å²) in [4.78, 5) is 15.3. The van der Waals surface area contributed by atoms with Crippen molar-refractivity contribution in [3.63, 3.8) is 0 Å². The zero-order valence-corrected chi connectivity index (χ0v) is 20.7. The van der Waals surface area contributed by atoms with E-state index in [0.29, 0.717) is 13.2 Å². The van der Waals surface area contributed by atoms with E-state index in [9.17, 15) is 10.1 Å². The molecule has 0 aromatic heterocycles. The fourth-order valence-corrected chi connectivity index (χ4v) is 5.28. The van der Waals surface area contributed by atoms with Crippen LogP contribution in [0.15, 0.2) is 91.0 Å². The summed E-state index contributed by atoms with van der Waals surface area (Å²) >= 11 is 0. The Morgan fingerprint density at radius 2 is 1.59 bits per heavy atom. The summed E-state index contributed by atoms with van der Waals surface area (Å²) in [5.74, 6) is -1.32. The molecule has 1 amide bonds. The molecule has 0 spiro atoms. The number of hydrogen-bond donors (Lipinski definition) is 0. The highest BCUT2D eigenvalue weighted by molar-refractivity contribution is 5.72. The van der Waals surface area contributed by atoms with Crippen LogP contribution in [0.25, 0.3) is 0 Å². The van der Waals surface area contributed by atoms with E-state index >= 15 is 0 Å². The molecule has 7 nitrogen and oxygen atoms in total. The van der Waals surface area contributed by atoms with E-state index in [-0.39, 0.29) is 13.0 Å². The van der Waals surface area contributed by atoms with Crippen molar-refractivity contribution in [3.8, 4) is 6.07 Å². The summed E-state index contributed by atoms with van der Waals surface area (Å²) in [6.07, 6.45) is -1.47. The number of ether oxygens (including phenoxy) is 4. The number of carbonyl (C=O) groups excluding carboxylic acids is 1. The lowest BCUT2D eigenvalue weighted by molar-refractivity contribution is -0.263. The number of nitriles is 1. The Morgan fingerprint density at radius 1 is 0.973 bits per heavy atom. The Hall–Kier alpha value is -3.70. The van der Waals surface area contributed by atoms with Crippen molar-refractivity contribution in [1.29, 1.82) is 5.26 Å². The Bertz CT molecular complexity index is 1220. The van der Waals surface area contributed by atoms with E-state index in [4.69, 9.17) is 18.9 Å². The lowest BCUT2D eigenvalue weighted by atomic mass is 9.92. The van der Waals surface area contributed by atoms with Crippen LogP contribution in [0.5, 0.6) is 0 Å². The molecule has 2 fully saturated rings. The van der Waals surface area contributed by atoms with Gasteiger partial charge in [-0.3, -0.25) is 4.90 Å². The van der Waals surface area contributed by atoms with E-state index in [1.165, 1.54) is 0 Å². The first-order valence-corrected chi connectivity index (χ1v) is 12.6. The molecule has 3 aromatic rings. The first kappa shape index (κ1) is 25.0. The first-order valence-electron chi connectivity index (χ1n) is 12.6. The second kappa shape index (κ2) is 11.1. The fourth-order valence-electron chi connectivity index (χ4n) is 5.28. The van der Waals surface area contributed by atoms with Crippen molar-refractivity contribution in [1.82, 2.24) is 4.90 Å². The quantitative estimate of drug-likeness (QED) is 0.385. The molecule has 190 valence electrons. The molecule has 2 aliphatic rings. The average Bonchev–Trinajstić information content (AvgIpc) is 3.47. The summed E-state index contributed by atoms with van der Waals surface area (Å²) < 4.78 is 24.5. The molecule has 0 aliphatic carbocycles. The van der Waals surface area contributed by atoms with Gasteiger partial charge in [0.05, 0.1) is 18.7 Å². The molecule has 5 rings (SSSR count). The summed E-state index contributed by atoms with van der Waals surface area (Å²) in [5.41, 5.74) is 2.83. The lowest BCUT2D eigenvalue weighted by Gasteiger charge is -2.39. The Balaban J connectivity index is 1.51. The summed E-state index contributed by atoms with van der Waals surface area (Å²) in [5, 5.41) is 9.80. The van der Waals surface area contributed by atoms with Crippen molar-refractivity contribution >= 4 is 6.09 Å². The minimum atomic E-state index is -1.32. The molecule has 3 aromatic carbocycles. The van der Waals surface area contributed by atoms with Gasteiger partial charge in [0, 0.05) is 13.0 Å². The average molecular weight is 499 g/mol. The molecule has 0 bridgehead atoms. The third-order valence-corrected chi connectivity index (χ3v) is 6.86. The van der Waals surface area contributed by atoms with Crippen molar-refractivity contribution in [3.05, 3.63) is 108 Å². The minimum absolute atomic E-state index is 0.0554. The van der Waals surface area contributed by atoms with Crippen molar-refractivity contribution < 1.29 is 23.7 Å². The van der Waals surface area contributed by atoms with Crippen LogP contribution in [0.2, 0.25) is 0 Å². The number of cyclic esters (lactones) is 1. The zero-order valence-electron chi connectivity index (χ0n) is 20.7. The summed E-state index contributed by atoms with van der Waals surface area (Å²) in [6.45, 7) is 2.59. The summed E-state index contributed by atoms with van der Waals surface area (Å²) in [7, 11) is 0. The monoisotopic (exact) mass is 498 g/mol. The van der Waals surface area contributed by atoms with Gasteiger partial charge in [0.25, 0.3) is 0 Å². The molecule has 5 atom stereocenters. The number of benzene rings is 3. The van der Waals surface area contributed by atoms with Crippen LogP contribution in [0.3, 0.4) is 0 Å².